The maximum absolute atomic E-state index is 11.3. The van der Waals surface area contributed by atoms with Crippen LogP contribution in [0.25, 0.3) is 22.4 Å². The van der Waals surface area contributed by atoms with Gasteiger partial charge in [0.2, 0.25) is 0 Å². The molecule has 1 aromatic heterocycles. The maximum Gasteiger partial charge on any atom is 0.354 e. The smallest absolute Gasteiger partial charge is 0.354 e. The van der Waals surface area contributed by atoms with Crippen molar-refractivity contribution in [3.05, 3.63) is 70.8 Å². The topological polar surface area (TPSA) is 59.4 Å². The molecule has 0 unspecified atom stereocenters. The lowest BCUT2D eigenvalue weighted by Gasteiger charge is -2.15. The van der Waals surface area contributed by atoms with Gasteiger partial charge in [0, 0.05) is 15.6 Å². The summed E-state index contributed by atoms with van der Waals surface area (Å²) in [5.74, 6) is 0.447. The first kappa shape index (κ1) is 17.7. The molecule has 0 spiro atoms. The Morgan fingerprint density at radius 1 is 1.04 bits per heavy atom. The highest BCUT2D eigenvalue weighted by Gasteiger charge is 2.23. The van der Waals surface area contributed by atoms with Crippen LogP contribution in [0.15, 0.2) is 65.1 Å². The molecule has 0 radical (unpaired) electrons. The molecule has 5 heteroatoms. The highest BCUT2D eigenvalue weighted by Crippen LogP contribution is 2.39. The molecule has 1 N–H and O–H groups in total. The van der Waals surface area contributed by atoms with Crippen molar-refractivity contribution in [2.45, 2.75) is 12.8 Å². The summed E-state index contributed by atoms with van der Waals surface area (Å²) in [4.78, 5) is 15.6. The molecule has 1 aliphatic rings. The number of carbonyl (C=O) groups is 1. The maximum atomic E-state index is 11.3. The first-order valence-corrected chi connectivity index (χ1v) is 9.63. The van der Waals surface area contributed by atoms with Crippen LogP contribution in [0, 0.1) is 5.92 Å². The quantitative estimate of drug-likeness (QED) is 0.554. The number of ether oxygens (including phenoxy) is 1. The van der Waals surface area contributed by atoms with Crippen LogP contribution < -0.4 is 4.74 Å². The average Bonchev–Trinajstić information content (AvgIpc) is 3.51. The summed E-state index contributed by atoms with van der Waals surface area (Å²) in [5, 5.41) is 9.26. The Kier molecular flexibility index (Phi) is 4.94. The number of halogens is 1. The van der Waals surface area contributed by atoms with Gasteiger partial charge < -0.3 is 9.84 Å². The summed E-state index contributed by atoms with van der Waals surface area (Å²) >= 11 is 3.55. The van der Waals surface area contributed by atoms with Crippen LogP contribution in [-0.2, 0) is 0 Å². The van der Waals surface area contributed by atoms with Crippen molar-refractivity contribution in [3.63, 3.8) is 0 Å². The summed E-state index contributed by atoms with van der Waals surface area (Å²) in [6, 6.07) is 18.9. The van der Waals surface area contributed by atoms with Gasteiger partial charge in [-0.05, 0) is 54.7 Å². The molecular formula is C22H18BrNO3. The highest BCUT2D eigenvalue weighted by molar-refractivity contribution is 9.10. The van der Waals surface area contributed by atoms with Crippen LogP contribution in [0.3, 0.4) is 0 Å². The molecule has 27 heavy (non-hydrogen) atoms. The van der Waals surface area contributed by atoms with E-state index >= 15 is 0 Å². The van der Waals surface area contributed by atoms with E-state index in [1.807, 2.05) is 48.5 Å². The first-order chi connectivity index (χ1) is 13.1. The summed E-state index contributed by atoms with van der Waals surface area (Å²) in [6.07, 6.45) is 2.46. The van der Waals surface area contributed by atoms with E-state index in [1.54, 1.807) is 6.07 Å². The fourth-order valence-electron chi connectivity index (χ4n) is 2.98. The minimum Gasteiger partial charge on any atom is -0.493 e. The van der Waals surface area contributed by atoms with Crippen molar-refractivity contribution in [1.29, 1.82) is 0 Å². The third-order valence-electron chi connectivity index (χ3n) is 4.57. The van der Waals surface area contributed by atoms with E-state index in [2.05, 4.69) is 20.9 Å². The second-order valence-electron chi connectivity index (χ2n) is 6.65. The number of carboxylic acids is 1. The van der Waals surface area contributed by atoms with Crippen LogP contribution in [0.5, 0.6) is 5.75 Å². The van der Waals surface area contributed by atoms with Crippen molar-refractivity contribution >= 4 is 21.9 Å². The van der Waals surface area contributed by atoms with E-state index in [4.69, 9.17) is 4.74 Å². The van der Waals surface area contributed by atoms with Crippen molar-refractivity contribution in [2.75, 3.05) is 6.61 Å². The molecule has 0 saturated heterocycles. The summed E-state index contributed by atoms with van der Waals surface area (Å²) in [5.41, 5.74) is 3.44. The molecule has 1 saturated carbocycles. The van der Waals surface area contributed by atoms with Crippen LogP contribution >= 0.6 is 15.9 Å². The van der Waals surface area contributed by atoms with Crippen molar-refractivity contribution in [1.82, 2.24) is 4.98 Å². The Hall–Kier alpha value is -2.66. The molecule has 0 aliphatic heterocycles. The lowest BCUT2D eigenvalue weighted by atomic mass is 9.96. The Labute approximate surface area is 166 Å². The van der Waals surface area contributed by atoms with Crippen molar-refractivity contribution < 1.29 is 14.6 Å². The third kappa shape index (κ3) is 4.03. The first-order valence-electron chi connectivity index (χ1n) is 8.84. The van der Waals surface area contributed by atoms with E-state index in [1.165, 1.54) is 18.9 Å². The van der Waals surface area contributed by atoms with E-state index in [-0.39, 0.29) is 5.69 Å². The number of hydrogen-bond acceptors (Lipinski definition) is 3. The standard InChI is InChI=1S/C22H18BrNO3/c23-15-10-11-21(27-13-14-8-9-14)18(12-15)16-4-1-2-5-17(16)19-6-3-7-20(24-19)22(25)26/h1-7,10-12,14H,8-9,13H2,(H,25,26). The molecule has 3 aromatic rings. The van der Waals surface area contributed by atoms with Gasteiger partial charge in [0.1, 0.15) is 11.4 Å². The van der Waals surface area contributed by atoms with Gasteiger partial charge in [-0.2, -0.15) is 0 Å². The van der Waals surface area contributed by atoms with Crippen molar-refractivity contribution in [2.24, 2.45) is 5.92 Å². The number of hydrogen-bond donors (Lipinski definition) is 1. The summed E-state index contributed by atoms with van der Waals surface area (Å²) < 4.78 is 7.04. The van der Waals surface area contributed by atoms with Crippen LogP contribution in [0.1, 0.15) is 23.3 Å². The molecule has 2 aromatic carbocycles. The summed E-state index contributed by atoms with van der Waals surface area (Å²) in [6.45, 7) is 0.726. The molecule has 0 amide bonds. The Bertz CT molecular complexity index is 998. The fourth-order valence-corrected chi connectivity index (χ4v) is 3.34. The SMILES string of the molecule is O=C(O)c1cccc(-c2ccccc2-c2cc(Br)ccc2OCC2CC2)n1. The van der Waals surface area contributed by atoms with E-state index in [0.29, 0.717) is 11.6 Å². The number of carboxylic acid groups (broad SMARTS) is 1. The van der Waals surface area contributed by atoms with Gasteiger partial charge in [0.25, 0.3) is 0 Å². The van der Waals surface area contributed by atoms with Gasteiger partial charge in [-0.15, -0.1) is 0 Å². The summed E-state index contributed by atoms with van der Waals surface area (Å²) in [7, 11) is 0. The third-order valence-corrected chi connectivity index (χ3v) is 5.07. The van der Waals surface area contributed by atoms with Crippen LogP contribution in [0.4, 0.5) is 0 Å². The fraction of sp³-hybridized carbons (Fsp3) is 0.182. The number of benzene rings is 2. The molecule has 4 rings (SSSR count). The monoisotopic (exact) mass is 423 g/mol. The number of pyridine rings is 1. The Morgan fingerprint density at radius 2 is 1.81 bits per heavy atom. The highest BCUT2D eigenvalue weighted by atomic mass is 79.9. The average molecular weight is 424 g/mol. The zero-order valence-corrected chi connectivity index (χ0v) is 16.1. The van der Waals surface area contributed by atoms with E-state index in [0.717, 1.165) is 33.5 Å². The van der Waals surface area contributed by atoms with Gasteiger partial charge in [-0.3, -0.25) is 0 Å². The largest absolute Gasteiger partial charge is 0.493 e. The van der Waals surface area contributed by atoms with E-state index < -0.39 is 5.97 Å². The molecular weight excluding hydrogens is 406 g/mol. The number of aromatic carboxylic acids is 1. The minimum atomic E-state index is -1.04. The molecule has 0 bridgehead atoms. The number of rotatable bonds is 6. The van der Waals surface area contributed by atoms with E-state index in [9.17, 15) is 9.90 Å². The van der Waals surface area contributed by atoms with Gasteiger partial charge in [-0.25, -0.2) is 9.78 Å². The Balaban J connectivity index is 1.80. The molecule has 1 heterocycles. The molecule has 1 fully saturated rings. The normalized spacial score (nSPS) is 13.4. The lowest BCUT2D eigenvalue weighted by Crippen LogP contribution is -2.02. The van der Waals surface area contributed by atoms with Gasteiger partial charge in [-0.1, -0.05) is 46.3 Å². The van der Waals surface area contributed by atoms with Gasteiger partial charge in [0.05, 0.1) is 12.3 Å². The predicted molar refractivity (Wildman–Crippen MR) is 108 cm³/mol. The van der Waals surface area contributed by atoms with Crippen molar-refractivity contribution in [3.8, 4) is 28.1 Å². The molecule has 0 atom stereocenters. The predicted octanol–water partition coefficient (Wildman–Crippen LogP) is 5.67. The van der Waals surface area contributed by atoms with Crippen LogP contribution in [0.2, 0.25) is 0 Å². The second kappa shape index (κ2) is 7.53. The van der Waals surface area contributed by atoms with Gasteiger partial charge in [0.15, 0.2) is 0 Å². The Morgan fingerprint density at radius 3 is 2.56 bits per heavy atom. The molecule has 1 aliphatic carbocycles. The zero-order chi connectivity index (χ0) is 18.8. The zero-order valence-electron chi connectivity index (χ0n) is 14.6. The molecule has 136 valence electrons. The second-order valence-corrected chi connectivity index (χ2v) is 7.57. The van der Waals surface area contributed by atoms with Gasteiger partial charge >= 0.3 is 5.97 Å². The molecule has 4 nitrogen and oxygen atoms in total. The minimum absolute atomic E-state index is 0.0294. The number of nitrogens with zero attached hydrogens (tertiary/aromatic N) is 1. The number of aromatic nitrogens is 1. The lowest BCUT2D eigenvalue weighted by molar-refractivity contribution is 0.0690. The van der Waals surface area contributed by atoms with Crippen LogP contribution in [-0.4, -0.2) is 22.7 Å².